The highest BCUT2D eigenvalue weighted by Gasteiger charge is 2.46. The SMILES string of the molecule is CCOC(=O)C(CCc1ccc(Cl)cc1)NC1CCC(=O)N2CCCC(C(=O)OC(C)(C)C)N2C1=O. The molecule has 0 spiro atoms. The summed E-state index contributed by atoms with van der Waals surface area (Å²) in [5, 5.41) is 6.40. The molecule has 2 saturated heterocycles. The molecule has 198 valence electrons. The highest BCUT2D eigenvalue weighted by molar-refractivity contribution is 6.30. The zero-order valence-electron chi connectivity index (χ0n) is 21.4. The first-order chi connectivity index (χ1) is 17.0. The van der Waals surface area contributed by atoms with Crippen LogP contribution < -0.4 is 5.32 Å². The maximum atomic E-state index is 13.7. The zero-order chi connectivity index (χ0) is 26.5. The first-order valence-electron chi connectivity index (χ1n) is 12.5. The molecule has 0 saturated carbocycles. The van der Waals surface area contributed by atoms with E-state index in [0.717, 1.165) is 5.56 Å². The number of benzene rings is 1. The van der Waals surface area contributed by atoms with E-state index in [2.05, 4.69) is 5.32 Å². The molecule has 3 rings (SSSR count). The molecule has 2 heterocycles. The van der Waals surface area contributed by atoms with Crippen molar-refractivity contribution in [1.29, 1.82) is 0 Å². The normalized spacial score (nSPS) is 21.5. The molecule has 0 aliphatic carbocycles. The third-order valence-electron chi connectivity index (χ3n) is 6.15. The number of ether oxygens (including phenoxy) is 2. The summed E-state index contributed by atoms with van der Waals surface area (Å²) in [7, 11) is 0. The van der Waals surface area contributed by atoms with E-state index in [1.807, 2.05) is 12.1 Å². The lowest BCUT2D eigenvalue weighted by molar-refractivity contribution is -0.188. The van der Waals surface area contributed by atoms with E-state index < -0.39 is 41.6 Å². The minimum absolute atomic E-state index is 0.119. The van der Waals surface area contributed by atoms with Gasteiger partial charge < -0.3 is 9.47 Å². The summed E-state index contributed by atoms with van der Waals surface area (Å²) >= 11 is 5.97. The van der Waals surface area contributed by atoms with Crippen molar-refractivity contribution in [3.8, 4) is 0 Å². The van der Waals surface area contributed by atoms with Crippen LogP contribution in [0.15, 0.2) is 24.3 Å². The Bertz CT molecular complexity index is 961. The molecular formula is C26H36ClN3O6. The van der Waals surface area contributed by atoms with Crippen molar-refractivity contribution in [2.75, 3.05) is 13.2 Å². The van der Waals surface area contributed by atoms with Crippen LogP contribution in [0.4, 0.5) is 0 Å². The number of nitrogens with one attached hydrogen (secondary N) is 1. The third kappa shape index (κ3) is 7.20. The van der Waals surface area contributed by atoms with Gasteiger partial charge in [0.05, 0.1) is 12.6 Å². The number of rotatable bonds is 8. The van der Waals surface area contributed by atoms with Gasteiger partial charge in [0, 0.05) is 18.0 Å². The van der Waals surface area contributed by atoms with E-state index in [-0.39, 0.29) is 25.4 Å². The van der Waals surface area contributed by atoms with E-state index in [0.29, 0.717) is 37.3 Å². The fourth-order valence-electron chi connectivity index (χ4n) is 4.49. The van der Waals surface area contributed by atoms with Gasteiger partial charge in [-0.15, -0.1) is 0 Å². The smallest absolute Gasteiger partial charge is 0.331 e. The molecule has 1 aromatic carbocycles. The van der Waals surface area contributed by atoms with Crippen molar-refractivity contribution < 1.29 is 28.7 Å². The Kier molecular flexibility index (Phi) is 9.35. The summed E-state index contributed by atoms with van der Waals surface area (Å²) in [6.07, 6.45) is 2.26. The standard InChI is InChI=1S/C26H36ClN3O6/c1-5-35-24(33)20(13-10-17-8-11-18(27)12-9-17)28-19-14-15-22(31)29-16-6-7-21(30(29)23(19)32)25(34)36-26(2,3)4/h8-9,11-12,19-21,28H,5-7,10,13-16H2,1-4H3. The average molecular weight is 522 g/mol. The van der Waals surface area contributed by atoms with Crippen molar-refractivity contribution in [1.82, 2.24) is 15.3 Å². The fraction of sp³-hybridized carbons (Fsp3) is 0.615. The fourth-order valence-corrected chi connectivity index (χ4v) is 4.62. The number of esters is 2. The molecule has 2 amide bonds. The highest BCUT2D eigenvalue weighted by atomic mass is 35.5. The maximum Gasteiger partial charge on any atom is 0.331 e. The van der Waals surface area contributed by atoms with Gasteiger partial charge in [-0.1, -0.05) is 23.7 Å². The summed E-state index contributed by atoms with van der Waals surface area (Å²) in [6.45, 7) is 7.56. The predicted molar refractivity (Wildman–Crippen MR) is 134 cm³/mol. The molecule has 2 fully saturated rings. The van der Waals surface area contributed by atoms with Crippen LogP contribution >= 0.6 is 11.6 Å². The zero-order valence-corrected chi connectivity index (χ0v) is 22.2. The molecule has 9 nitrogen and oxygen atoms in total. The lowest BCUT2D eigenvalue weighted by Gasteiger charge is -2.43. The number of halogens is 1. The second-order valence-corrected chi connectivity index (χ2v) is 10.6. The Hall–Kier alpha value is -2.65. The van der Waals surface area contributed by atoms with Gasteiger partial charge in [0.2, 0.25) is 5.91 Å². The number of fused-ring (bicyclic) bond motifs is 1. The van der Waals surface area contributed by atoms with Crippen LogP contribution in [0.1, 0.15) is 65.4 Å². The van der Waals surface area contributed by atoms with Crippen LogP contribution in [0.2, 0.25) is 5.02 Å². The maximum absolute atomic E-state index is 13.7. The van der Waals surface area contributed by atoms with E-state index in [1.54, 1.807) is 39.8 Å². The summed E-state index contributed by atoms with van der Waals surface area (Å²) in [6, 6.07) is 4.85. The van der Waals surface area contributed by atoms with Crippen molar-refractivity contribution in [2.24, 2.45) is 0 Å². The van der Waals surface area contributed by atoms with Gasteiger partial charge in [-0.05, 0) is 77.5 Å². The first-order valence-corrected chi connectivity index (χ1v) is 12.9. The van der Waals surface area contributed by atoms with Gasteiger partial charge in [0.15, 0.2) is 6.04 Å². The topological polar surface area (TPSA) is 105 Å². The molecule has 1 N–H and O–H groups in total. The van der Waals surface area contributed by atoms with Gasteiger partial charge in [-0.3, -0.25) is 24.7 Å². The molecule has 0 bridgehead atoms. The van der Waals surface area contributed by atoms with Gasteiger partial charge >= 0.3 is 11.9 Å². The lowest BCUT2D eigenvalue weighted by Crippen LogP contribution is -2.63. The average Bonchev–Trinajstić information content (AvgIpc) is 2.93. The molecular weight excluding hydrogens is 486 g/mol. The number of hydrogen-bond acceptors (Lipinski definition) is 7. The molecule has 36 heavy (non-hydrogen) atoms. The Morgan fingerprint density at radius 1 is 1.17 bits per heavy atom. The number of hydrazine groups is 1. The van der Waals surface area contributed by atoms with Gasteiger partial charge in [-0.25, -0.2) is 9.80 Å². The summed E-state index contributed by atoms with van der Waals surface area (Å²) in [5.41, 5.74) is 0.261. The summed E-state index contributed by atoms with van der Waals surface area (Å²) < 4.78 is 10.8. The Labute approximate surface area is 217 Å². The Balaban J connectivity index is 1.80. The quantitative estimate of drug-likeness (QED) is 0.524. The molecule has 0 aromatic heterocycles. The highest BCUT2D eigenvalue weighted by Crippen LogP contribution is 2.27. The second-order valence-electron chi connectivity index (χ2n) is 10.1. The Morgan fingerprint density at radius 3 is 2.50 bits per heavy atom. The largest absolute Gasteiger partial charge is 0.465 e. The van der Waals surface area contributed by atoms with Crippen molar-refractivity contribution >= 4 is 35.4 Å². The minimum atomic E-state index is -0.896. The van der Waals surface area contributed by atoms with Gasteiger partial charge in [0.1, 0.15) is 11.6 Å². The molecule has 10 heteroatoms. The van der Waals surface area contributed by atoms with Gasteiger partial charge in [0.25, 0.3) is 5.91 Å². The van der Waals surface area contributed by atoms with Gasteiger partial charge in [-0.2, -0.15) is 0 Å². The molecule has 3 unspecified atom stereocenters. The predicted octanol–water partition coefficient (Wildman–Crippen LogP) is 3.03. The number of carbonyl (C=O) groups excluding carboxylic acids is 4. The van der Waals surface area contributed by atoms with Crippen molar-refractivity contribution in [3.05, 3.63) is 34.9 Å². The molecule has 2 aliphatic heterocycles. The minimum Gasteiger partial charge on any atom is -0.465 e. The molecule has 2 aliphatic rings. The number of amides is 2. The van der Waals surface area contributed by atoms with E-state index in [9.17, 15) is 19.2 Å². The summed E-state index contributed by atoms with van der Waals surface area (Å²) in [4.78, 5) is 52.4. The van der Waals surface area contributed by atoms with E-state index in [4.69, 9.17) is 21.1 Å². The number of nitrogens with zero attached hydrogens (tertiary/aromatic N) is 2. The number of carbonyl (C=O) groups is 4. The van der Waals surface area contributed by atoms with Crippen LogP contribution in [-0.4, -0.2) is 70.6 Å². The first kappa shape index (κ1) is 27.9. The monoisotopic (exact) mass is 521 g/mol. The van der Waals surface area contributed by atoms with Crippen LogP contribution in [0.3, 0.4) is 0 Å². The molecule has 1 aromatic rings. The van der Waals surface area contributed by atoms with Crippen LogP contribution in [0.5, 0.6) is 0 Å². The van der Waals surface area contributed by atoms with E-state index >= 15 is 0 Å². The number of hydrogen-bond donors (Lipinski definition) is 1. The Morgan fingerprint density at radius 2 is 1.86 bits per heavy atom. The summed E-state index contributed by atoms with van der Waals surface area (Å²) in [5.74, 6) is -1.65. The molecule has 0 radical (unpaired) electrons. The van der Waals surface area contributed by atoms with Crippen molar-refractivity contribution in [3.63, 3.8) is 0 Å². The number of aryl methyl sites for hydroxylation is 1. The lowest BCUT2D eigenvalue weighted by atomic mass is 10.0. The van der Waals surface area contributed by atoms with Crippen LogP contribution in [0, 0.1) is 0 Å². The molecule has 3 atom stereocenters. The van der Waals surface area contributed by atoms with Crippen LogP contribution in [-0.2, 0) is 35.1 Å². The second kappa shape index (κ2) is 12.1. The third-order valence-corrected chi connectivity index (χ3v) is 6.40. The van der Waals surface area contributed by atoms with Crippen molar-refractivity contribution in [2.45, 2.75) is 89.9 Å². The van der Waals surface area contributed by atoms with Crippen LogP contribution in [0.25, 0.3) is 0 Å². The van der Waals surface area contributed by atoms with E-state index in [1.165, 1.54) is 10.0 Å².